The molecule has 0 spiro atoms. The van der Waals surface area contributed by atoms with Gasteiger partial charge < -0.3 is 14.5 Å². The van der Waals surface area contributed by atoms with Gasteiger partial charge in [0.1, 0.15) is 11.5 Å². The second-order valence-electron chi connectivity index (χ2n) is 6.78. The van der Waals surface area contributed by atoms with Crippen LogP contribution in [-0.4, -0.2) is 18.7 Å². The van der Waals surface area contributed by atoms with E-state index >= 15 is 0 Å². The molecule has 0 aliphatic heterocycles. The Morgan fingerprint density at radius 1 is 1.07 bits per heavy atom. The number of Topliss-reactive ketones (excluding diaryl/α,β-unsaturated/α-hetero) is 1. The number of aryl methyl sites for hydroxylation is 1. The Morgan fingerprint density at radius 2 is 1.82 bits per heavy atom. The number of benzene rings is 2. The molecule has 4 rings (SSSR count). The van der Waals surface area contributed by atoms with Crippen LogP contribution in [0.4, 0.5) is 5.88 Å². The zero-order valence-corrected chi connectivity index (χ0v) is 15.7. The minimum atomic E-state index is -0.224. The molecule has 0 saturated carbocycles. The monoisotopic (exact) mass is 375 g/mol. The van der Waals surface area contributed by atoms with Crippen molar-refractivity contribution in [1.82, 2.24) is 0 Å². The van der Waals surface area contributed by atoms with Crippen LogP contribution in [0.15, 0.2) is 59.0 Å². The van der Waals surface area contributed by atoms with Crippen LogP contribution in [0, 0.1) is 0 Å². The molecule has 0 unspecified atom stereocenters. The van der Waals surface area contributed by atoms with E-state index in [2.05, 4.69) is 5.32 Å². The Kier molecular flexibility index (Phi) is 4.98. The second-order valence-corrected chi connectivity index (χ2v) is 6.78. The third-order valence-electron chi connectivity index (χ3n) is 4.94. The summed E-state index contributed by atoms with van der Waals surface area (Å²) < 4.78 is 11.1. The van der Waals surface area contributed by atoms with Crippen LogP contribution >= 0.6 is 0 Å². The van der Waals surface area contributed by atoms with Crippen LogP contribution in [-0.2, 0) is 13.0 Å². The van der Waals surface area contributed by atoms with Crippen LogP contribution < -0.4 is 10.1 Å². The molecule has 5 heteroatoms. The number of carbonyl (C=O) groups is 2. The molecule has 0 saturated heterocycles. The zero-order valence-electron chi connectivity index (χ0n) is 15.7. The maximum atomic E-state index is 13.3. The summed E-state index contributed by atoms with van der Waals surface area (Å²) in [4.78, 5) is 25.8. The highest BCUT2D eigenvalue weighted by molar-refractivity contribution is 6.19. The maximum Gasteiger partial charge on any atom is 0.205 e. The van der Waals surface area contributed by atoms with Crippen molar-refractivity contribution in [2.45, 2.75) is 25.8 Å². The number of ketones is 2. The zero-order chi connectivity index (χ0) is 19.5. The van der Waals surface area contributed by atoms with E-state index in [1.807, 2.05) is 30.3 Å². The fourth-order valence-corrected chi connectivity index (χ4v) is 3.49. The third-order valence-corrected chi connectivity index (χ3v) is 4.94. The lowest BCUT2D eigenvalue weighted by Gasteiger charge is -2.10. The summed E-state index contributed by atoms with van der Waals surface area (Å²) in [5.41, 5.74) is 2.32. The van der Waals surface area contributed by atoms with Gasteiger partial charge in [-0.05, 0) is 36.2 Å². The van der Waals surface area contributed by atoms with Crippen LogP contribution in [0.25, 0.3) is 0 Å². The molecule has 142 valence electrons. The molecule has 0 amide bonds. The molecule has 5 nitrogen and oxygen atoms in total. The number of rotatable bonds is 6. The highest BCUT2D eigenvalue weighted by Gasteiger charge is 2.32. The average Bonchev–Trinajstić information content (AvgIpc) is 3.12. The van der Waals surface area contributed by atoms with Gasteiger partial charge in [-0.25, -0.2) is 0 Å². The van der Waals surface area contributed by atoms with E-state index in [0.717, 1.165) is 12.0 Å². The van der Waals surface area contributed by atoms with Gasteiger partial charge in [-0.1, -0.05) is 30.3 Å². The van der Waals surface area contributed by atoms with E-state index < -0.39 is 0 Å². The van der Waals surface area contributed by atoms with Gasteiger partial charge in [-0.3, -0.25) is 9.59 Å². The quantitative estimate of drug-likeness (QED) is 0.635. The van der Waals surface area contributed by atoms with Crippen molar-refractivity contribution in [3.05, 3.63) is 82.6 Å². The number of fused-ring (bicyclic) bond motifs is 1. The fraction of sp³-hybridized carbons (Fsp3) is 0.217. The highest BCUT2D eigenvalue weighted by Crippen LogP contribution is 2.35. The molecule has 1 heterocycles. The topological polar surface area (TPSA) is 68.5 Å². The van der Waals surface area contributed by atoms with Gasteiger partial charge in [-0.2, -0.15) is 0 Å². The van der Waals surface area contributed by atoms with Crippen LogP contribution in [0.3, 0.4) is 0 Å². The van der Waals surface area contributed by atoms with E-state index in [-0.39, 0.29) is 11.6 Å². The Labute approximate surface area is 163 Å². The summed E-state index contributed by atoms with van der Waals surface area (Å²) in [5, 5.41) is 3.22. The number of hydrogen-bond donors (Lipinski definition) is 1. The molecule has 1 aromatic heterocycles. The van der Waals surface area contributed by atoms with Crippen molar-refractivity contribution in [3.63, 3.8) is 0 Å². The molecular weight excluding hydrogens is 354 g/mol. The van der Waals surface area contributed by atoms with Gasteiger partial charge in [0, 0.05) is 24.9 Å². The first kappa shape index (κ1) is 18.0. The molecule has 3 aromatic rings. The molecule has 1 aliphatic carbocycles. The molecule has 28 heavy (non-hydrogen) atoms. The molecule has 1 aliphatic rings. The van der Waals surface area contributed by atoms with E-state index in [1.165, 1.54) is 0 Å². The Balaban J connectivity index is 1.71. The van der Waals surface area contributed by atoms with Crippen molar-refractivity contribution in [2.24, 2.45) is 0 Å². The van der Waals surface area contributed by atoms with E-state index in [9.17, 15) is 9.59 Å². The Morgan fingerprint density at radius 3 is 2.54 bits per heavy atom. The normalized spacial score (nSPS) is 13.1. The molecule has 0 radical (unpaired) electrons. The molecule has 1 N–H and O–H groups in total. The van der Waals surface area contributed by atoms with Gasteiger partial charge in [0.05, 0.1) is 18.2 Å². The van der Waals surface area contributed by atoms with Crippen molar-refractivity contribution in [2.75, 3.05) is 12.4 Å². The predicted molar refractivity (Wildman–Crippen MR) is 106 cm³/mol. The van der Waals surface area contributed by atoms with Crippen molar-refractivity contribution in [3.8, 4) is 5.75 Å². The van der Waals surface area contributed by atoms with Crippen LogP contribution in [0.1, 0.15) is 50.4 Å². The lowest BCUT2D eigenvalue weighted by atomic mass is 9.90. The third kappa shape index (κ3) is 3.43. The lowest BCUT2D eigenvalue weighted by Crippen LogP contribution is -2.14. The fourth-order valence-electron chi connectivity index (χ4n) is 3.49. The summed E-state index contributed by atoms with van der Waals surface area (Å²) in [6, 6.07) is 16.7. The second kappa shape index (κ2) is 7.72. The molecule has 0 fully saturated rings. The summed E-state index contributed by atoms with van der Waals surface area (Å²) in [7, 11) is 1.58. The predicted octanol–water partition coefficient (Wildman–Crippen LogP) is 4.65. The Hall–Kier alpha value is -3.34. The SMILES string of the molecule is COc1ccc(C(=O)c2c(NCc3ccccc3)oc3c2C(=O)CCC3)cc1. The summed E-state index contributed by atoms with van der Waals surface area (Å²) >= 11 is 0. The van der Waals surface area contributed by atoms with Crippen molar-refractivity contribution >= 4 is 17.5 Å². The number of methoxy groups -OCH3 is 1. The van der Waals surface area contributed by atoms with E-state index in [1.54, 1.807) is 31.4 Å². The molecule has 0 bridgehead atoms. The first-order valence-electron chi connectivity index (χ1n) is 9.33. The number of furan rings is 1. The average molecular weight is 375 g/mol. The number of nitrogens with one attached hydrogen (secondary N) is 1. The van der Waals surface area contributed by atoms with Gasteiger partial charge >= 0.3 is 0 Å². The first-order chi connectivity index (χ1) is 13.7. The summed E-state index contributed by atoms with van der Waals surface area (Å²) in [6.45, 7) is 0.504. The van der Waals surface area contributed by atoms with Gasteiger partial charge in [0.25, 0.3) is 0 Å². The smallest absolute Gasteiger partial charge is 0.205 e. The maximum absolute atomic E-state index is 13.3. The van der Waals surface area contributed by atoms with Crippen LogP contribution in [0.2, 0.25) is 0 Å². The Bertz CT molecular complexity index is 1000. The van der Waals surface area contributed by atoms with Crippen molar-refractivity contribution in [1.29, 1.82) is 0 Å². The summed E-state index contributed by atoms with van der Waals surface area (Å²) in [6.07, 6.45) is 1.85. The van der Waals surface area contributed by atoms with E-state index in [4.69, 9.17) is 9.15 Å². The number of hydrogen-bond acceptors (Lipinski definition) is 5. The molecular formula is C23H21NO4. The van der Waals surface area contributed by atoms with Gasteiger partial charge in [-0.15, -0.1) is 0 Å². The number of carbonyl (C=O) groups excluding carboxylic acids is 2. The number of ether oxygens (including phenoxy) is 1. The standard InChI is InChI=1S/C23H21NO4/c1-27-17-12-10-16(11-13-17)22(26)21-20-18(25)8-5-9-19(20)28-23(21)24-14-15-6-3-2-4-7-15/h2-4,6-7,10-13,24H,5,8-9,14H2,1H3. The minimum absolute atomic E-state index is 0.0328. The molecule has 0 atom stereocenters. The molecule has 2 aromatic carbocycles. The van der Waals surface area contributed by atoms with Crippen LogP contribution in [0.5, 0.6) is 5.75 Å². The largest absolute Gasteiger partial charge is 0.497 e. The van der Waals surface area contributed by atoms with Crippen molar-refractivity contribution < 1.29 is 18.7 Å². The highest BCUT2D eigenvalue weighted by atomic mass is 16.5. The minimum Gasteiger partial charge on any atom is -0.497 e. The van der Waals surface area contributed by atoms with Gasteiger partial charge in [0.2, 0.25) is 5.88 Å². The lowest BCUT2D eigenvalue weighted by molar-refractivity contribution is 0.0957. The number of anilines is 1. The van der Waals surface area contributed by atoms with Gasteiger partial charge in [0.15, 0.2) is 11.6 Å². The first-order valence-corrected chi connectivity index (χ1v) is 9.33. The summed E-state index contributed by atoms with van der Waals surface area (Å²) in [5.74, 6) is 1.38. The van der Waals surface area contributed by atoms with E-state index in [0.29, 0.717) is 53.5 Å².